The number of hydrogen-bond donors (Lipinski definition) is 1. The van der Waals surface area contributed by atoms with Crippen molar-refractivity contribution in [3.8, 4) is 17.2 Å². The molecule has 3 rings (SSSR count). The van der Waals surface area contributed by atoms with Crippen molar-refractivity contribution in [2.24, 2.45) is 0 Å². The molecule has 126 valence electrons. The fourth-order valence-corrected chi connectivity index (χ4v) is 2.39. The first-order valence-corrected chi connectivity index (χ1v) is 7.86. The van der Waals surface area contributed by atoms with Crippen LogP contribution < -0.4 is 14.8 Å². The molecule has 0 aliphatic rings. The number of benzene rings is 2. The highest BCUT2D eigenvalue weighted by Gasteiger charge is 2.13. The van der Waals surface area contributed by atoms with Gasteiger partial charge in [0.25, 0.3) is 5.91 Å². The van der Waals surface area contributed by atoms with Gasteiger partial charge in [0.2, 0.25) is 0 Å². The van der Waals surface area contributed by atoms with Gasteiger partial charge in [0.1, 0.15) is 17.2 Å². The van der Waals surface area contributed by atoms with E-state index in [4.69, 9.17) is 21.1 Å². The lowest BCUT2D eigenvalue weighted by Gasteiger charge is -2.11. The number of carbonyl (C=O) groups excluding carboxylic acids is 1. The van der Waals surface area contributed by atoms with Crippen molar-refractivity contribution in [2.75, 3.05) is 12.4 Å². The van der Waals surface area contributed by atoms with Gasteiger partial charge in [-0.25, -0.2) is 0 Å². The summed E-state index contributed by atoms with van der Waals surface area (Å²) in [5, 5.41) is 3.33. The number of ether oxygens (including phenoxy) is 2. The number of nitrogens with zero attached hydrogens (tertiary/aromatic N) is 1. The predicted octanol–water partition coefficient (Wildman–Crippen LogP) is 4.79. The van der Waals surface area contributed by atoms with Crippen LogP contribution in [0.2, 0.25) is 5.02 Å². The summed E-state index contributed by atoms with van der Waals surface area (Å²) in [6, 6.07) is 15.5. The minimum atomic E-state index is -0.297. The molecule has 0 radical (unpaired) electrons. The molecular formula is C19H15ClN2O3. The first-order chi connectivity index (χ1) is 12.2. The Morgan fingerprint density at radius 3 is 2.60 bits per heavy atom. The molecule has 2 aromatic carbocycles. The van der Waals surface area contributed by atoms with Crippen LogP contribution in [0.5, 0.6) is 17.2 Å². The van der Waals surface area contributed by atoms with Crippen LogP contribution in [0.4, 0.5) is 5.69 Å². The normalized spacial score (nSPS) is 10.2. The Morgan fingerprint density at radius 1 is 1.04 bits per heavy atom. The van der Waals surface area contributed by atoms with Gasteiger partial charge in [-0.15, -0.1) is 0 Å². The quantitative estimate of drug-likeness (QED) is 0.715. The highest BCUT2D eigenvalue weighted by atomic mass is 35.5. The Balaban J connectivity index is 1.77. The first kappa shape index (κ1) is 16.8. The largest absolute Gasteiger partial charge is 0.496 e. The van der Waals surface area contributed by atoms with E-state index in [1.54, 1.807) is 67.0 Å². The zero-order chi connectivity index (χ0) is 17.6. The average molecular weight is 355 g/mol. The molecule has 0 bridgehead atoms. The number of rotatable bonds is 5. The Morgan fingerprint density at radius 2 is 1.84 bits per heavy atom. The molecule has 0 atom stereocenters. The van der Waals surface area contributed by atoms with E-state index in [0.717, 1.165) is 0 Å². The minimum absolute atomic E-state index is 0.297. The van der Waals surface area contributed by atoms with E-state index in [1.165, 1.54) is 7.11 Å². The third-order valence-electron chi connectivity index (χ3n) is 3.39. The number of hydrogen-bond acceptors (Lipinski definition) is 4. The molecule has 0 aliphatic heterocycles. The molecule has 1 aromatic heterocycles. The smallest absolute Gasteiger partial charge is 0.259 e. The van der Waals surface area contributed by atoms with Crippen LogP contribution in [-0.4, -0.2) is 18.0 Å². The van der Waals surface area contributed by atoms with E-state index in [9.17, 15) is 4.79 Å². The summed E-state index contributed by atoms with van der Waals surface area (Å²) in [5.41, 5.74) is 1.00. The van der Waals surface area contributed by atoms with Crippen molar-refractivity contribution in [2.45, 2.75) is 0 Å². The number of methoxy groups -OCH3 is 1. The Labute approximate surface area is 150 Å². The van der Waals surface area contributed by atoms with E-state index in [1.807, 2.05) is 0 Å². The van der Waals surface area contributed by atoms with Gasteiger partial charge in [0, 0.05) is 29.2 Å². The van der Waals surface area contributed by atoms with E-state index in [0.29, 0.717) is 33.5 Å². The lowest BCUT2D eigenvalue weighted by atomic mass is 10.2. The monoisotopic (exact) mass is 354 g/mol. The molecule has 1 heterocycles. The van der Waals surface area contributed by atoms with Crippen molar-refractivity contribution in [1.82, 2.24) is 4.98 Å². The SMILES string of the molecule is COc1cc(Cl)ccc1C(=O)Nc1cccc(Oc2ccncc2)c1. The molecule has 0 saturated carbocycles. The molecule has 0 aliphatic carbocycles. The Kier molecular flexibility index (Phi) is 5.16. The van der Waals surface area contributed by atoms with Gasteiger partial charge < -0.3 is 14.8 Å². The summed E-state index contributed by atoms with van der Waals surface area (Å²) >= 11 is 5.93. The molecule has 1 amide bonds. The van der Waals surface area contributed by atoms with Crippen LogP contribution in [0.3, 0.4) is 0 Å². The van der Waals surface area contributed by atoms with E-state index in [-0.39, 0.29) is 5.91 Å². The fraction of sp³-hybridized carbons (Fsp3) is 0.0526. The molecule has 0 unspecified atom stereocenters. The lowest BCUT2D eigenvalue weighted by Crippen LogP contribution is -2.13. The van der Waals surface area contributed by atoms with Crippen LogP contribution in [0.1, 0.15) is 10.4 Å². The topological polar surface area (TPSA) is 60.5 Å². The van der Waals surface area contributed by atoms with Gasteiger partial charge in [-0.05, 0) is 42.5 Å². The second kappa shape index (κ2) is 7.68. The van der Waals surface area contributed by atoms with Crippen LogP contribution in [0.15, 0.2) is 67.0 Å². The average Bonchev–Trinajstić information content (AvgIpc) is 2.62. The number of nitrogens with one attached hydrogen (secondary N) is 1. The van der Waals surface area contributed by atoms with Gasteiger partial charge in [-0.1, -0.05) is 17.7 Å². The van der Waals surface area contributed by atoms with Gasteiger partial charge >= 0.3 is 0 Å². The number of carbonyl (C=O) groups is 1. The standard InChI is InChI=1S/C19H15ClN2O3/c1-24-18-11-13(20)5-6-17(18)19(23)22-14-3-2-4-16(12-14)25-15-7-9-21-10-8-15/h2-12H,1H3,(H,22,23). The predicted molar refractivity (Wildman–Crippen MR) is 96.7 cm³/mol. The van der Waals surface area contributed by atoms with Crippen LogP contribution in [0.25, 0.3) is 0 Å². The van der Waals surface area contributed by atoms with Gasteiger partial charge in [-0.3, -0.25) is 9.78 Å². The summed E-state index contributed by atoms with van der Waals surface area (Å²) in [5.74, 6) is 1.38. The van der Waals surface area contributed by atoms with Crippen molar-refractivity contribution in [1.29, 1.82) is 0 Å². The fourth-order valence-electron chi connectivity index (χ4n) is 2.23. The maximum absolute atomic E-state index is 12.5. The molecule has 0 spiro atoms. The van der Waals surface area contributed by atoms with Gasteiger partial charge in [-0.2, -0.15) is 0 Å². The number of amides is 1. The second-order valence-corrected chi connectivity index (χ2v) is 5.55. The third-order valence-corrected chi connectivity index (χ3v) is 3.62. The number of aromatic nitrogens is 1. The molecule has 0 saturated heterocycles. The van der Waals surface area contributed by atoms with Crippen LogP contribution in [-0.2, 0) is 0 Å². The third kappa shape index (κ3) is 4.28. The van der Waals surface area contributed by atoms with Crippen molar-refractivity contribution >= 4 is 23.2 Å². The lowest BCUT2D eigenvalue weighted by molar-refractivity contribution is 0.102. The number of halogens is 1. The summed E-state index contributed by atoms with van der Waals surface area (Å²) in [6.45, 7) is 0. The first-order valence-electron chi connectivity index (χ1n) is 7.48. The highest BCUT2D eigenvalue weighted by Crippen LogP contribution is 2.26. The zero-order valence-electron chi connectivity index (χ0n) is 13.4. The number of pyridine rings is 1. The van der Waals surface area contributed by atoms with Gasteiger partial charge in [0.05, 0.1) is 12.7 Å². The molecule has 1 N–H and O–H groups in total. The maximum Gasteiger partial charge on any atom is 0.259 e. The summed E-state index contributed by atoms with van der Waals surface area (Å²) in [4.78, 5) is 16.4. The summed E-state index contributed by atoms with van der Waals surface area (Å²) in [6.07, 6.45) is 3.29. The molecule has 25 heavy (non-hydrogen) atoms. The van der Waals surface area contributed by atoms with Crippen molar-refractivity contribution < 1.29 is 14.3 Å². The van der Waals surface area contributed by atoms with Gasteiger partial charge in [0.15, 0.2) is 0 Å². The Hall–Kier alpha value is -3.05. The van der Waals surface area contributed by atoms with Crippen LogP contribution >= 0.6 is 11.6 Å². The van der Waals surface area contributed by atoms with Crippen molar-refractivity contribution in [3.63, 3.8) is 0 Å². The minimum Gasteiger partial charge on any atom is -0.496 e. The molecular weight excluding hydrogens is 340 g/mol. The van der Waals surface area contributed by atoms with E-state index in [2.05, 4.69) is 10.3 Å². The molecule has 5 nitrogen and oxygen atoms in total. The van der Waals surface area contributed by atoms with E-state index < -0.39 is 0 Å². The second-order valence-electron chi connectivity index (χ2n) is 5.11. The number of anilines is 1. The van der Waals surface area contributed by atoms with Crippen molar-refractivity contribution in [3.05, 3.63) is 77.6 Å². The molecule has 0 fully saturated rings. The summed E-state index contributed by atoms with van der Waals surface area (Å²) < 4.78 is 10.9. The van der Waals surface area contributed by atoms with Crippen LogP contribution in [0, 0.1) is 0 Å². The molecule has 3 aromatic rings. The summed E-state index contributed by atoms with van der Waals surface area (Å²) in [7, 11) is 1.49. The maximum atomic E-state index is 12.5. The van der Waals surface area contributed by atoms with E-state index >= 15 is 0 Å². The molecule has 6 heteroatoms. The Bertz CT molecular complexity index is 885. The highest BCUT2D eigenvalue weighted by molar-refractivity contribution is 6.31. The zero-order valence-corrected chi connectivity index (χ0v) is 14.2.